The van der Waals surface area contributed by atoms with E-state index in [0.717, 1.165) is 35.5 Å². The number of nitrogens with zero attached hydrogens (tertiary/aromatic N) is 3. The van der Waals surface area contributed by atoms with E-state index in [1.165, 1.54) is 0 Å². The van der Waals surface area contributed by atoms with Crippen LogP contribution in [-0.4, -0.2) is 15.5 Å². The van der Waals surface area contributed by atoms with E-state index in [1.807, 2.05) is 56.3 Å². The fourth-order valence-electron chi connectivity index (χ4n) is 3.32. The number of aryl methyl sites for hydroxylation is 1. The maximum Gasteiger partial charge on any atom is 0.349 e. The number of benzene rings is 1. The Labute approximate surface area is 182 Å². The fourth-order valence-corrected chi connectivity index (χ4v) is 3.32. The summed E-state index contributed by atoms with van der Waals surface area (Å²) in [5, 5.41) is 9.49. The molecule has 2 heterocycles. The topological polar surface area (TPSA) is 81.1 Å². The molecule has 0 fully saturated rings. The number of carbonyl (C=O) groups is 1. The van der Waals surface area contributed by atoms with Crippen molar-refractivity contribution in [3.63, 3.8) is 0 Å². The number of nitriles is 1. The molecule has 0 N–H and O–H groups in total. The minimum atomic E-state index is -0.700. The van der Waals surface area contributed by atoms with Gasteiger partial charge in [-0.15, -0.1) is 0 Å². The second-order valence-corrected chi connectivity index (χ2v) is 7.89. The third-order valence-corrected chi connectivity index (χ3v) is 5.12. The molecule has 6 nitrogen and oxygen atoms in total. The lowest BCUT2D eigenvalue weighted by Crippen LogP contribution is -2.07. The minimum absolute atomic E-state index is 0.0565. The van der Waals surface area contributed by atoms with Gasteiger partial charge in [-0.1, -0.05) is 44.2 Å². The zero-order chi connectivity index (χ0) is 22.4. The maximum absolute atomic E-state index is 12.5. The van der Waals surface area contributed by atoms with Gasteiger partial charge in [-0.05, 0) is 43.9 Å². The summed E-state index contributed by atoms with van der Waals surface area (Å²) in [5.74, 6) is 0.768. The summed E-state index contributed by atoms with van der Waals surface area (Å²) in [6.07, 6.45) is 4.24. The van der Waals surface area contributed by atoms with Crippen LogP contribution in [0.3, 0.4) is 0 Å². The molecule has 0 amide bonds. The quantitative estimate of drug-likeness (QED) is 0.276. The molecule has 1 aromatic carbocycles. The van der Waals surface area contributed by atoms with Gasteiger partial charge in [-0.3, -0.25) is 0 Å². The van der Waals surface area contributed by atoms with Gasteiger partial charge >= 0.3 is 5.97 Å². The van der Waals surface area contributed by atoms with Crippen LogP contribution in [0.2, 0.25) is 0 Å². The molecule has 3 rings (SSSR count). The molecule has 0 atom stereocenters. The highest BCUT2D eigenvalue weighted by Gasteiger charge is 2.16. The Hall–Kier alpha value is -3.59. The Balaban J connectivity index is 1.68. The number of carbonyl (C=O) groups excluding carboxylic acids is 1. The molecule has 31 heavy (non-hydrogen) atoms. The van der Waals surface area contributed by atoms with Gasteiger partial charge in [-0.2, -0.15) is 5.26 Å². The van der Waals surface area contributed by atoms with E-state index in [-0.39, 0.29) is 18.1 Å². The molecule has 160 valence electrons. The normalized spacial score (nSPS) is 11.5. The van der Waals surface area contributed by atoms with Crippen LogP contribution in [0.1, 0.15) is 43.1 Å². The Morgan fingerprint density at radius 1 is 1.29 bits per heavy atom. The van der Waals surface area contributed by atoms with Crippen molar-refractivity contribution in [1.29, 1.82) is 5.26 Å². The molecule has 0 bridgehead atoms. The van der Waals surface area contributed by atoms with Crippen molar-refractivity contribution in [2.45, 2.75) is 47.3 Å². The van der Waals surface area contributed by atoms with Crippen molar-refractivity contribution in [2.75, 3.05) is 0 Å². The van der Waals surface area contributed by atoms with Crippen LogP contribution < -0.4 is 0 Å². The zero-order valence-electron chi connectivity index (χ0n) is 18.4. The average molecular weight is 418 g/mol. The summed E-state index contributed by atoms with van der Waals surface area (Å²) in [4.78, 5) is 16.6. The number of esters is 1. The van der Waals surface area contributed by atoms with Crippen LogP contribution in [0.5, 0.6) is 0 Å². The van der Waals surface area contributed by atoms with E-state index in [9.17, 15) is 10.1 Å². The summed E-state index contributed by atoms with van der Waals surface area (Å²) in [6.45, 7) is 9.17. The minimum Gasteiger partial charge on any atom is -0.452 e. The number of hydrogen-bond acceptors (Lipinski definition) is 5. The van der Waals surface area contributed by atoms with Crippen LogP contribution in [0, 0.1) is 31.1 Å². The van der Waals surface area contributed by atoms with E-state index >= 15 is 0 Å². The molecule has 0 saturated carbocycles. The van der Waals surface area contributed by atoms with E-state index < -0.39 is 5.97 Å². The first kappa shape index (κ1) is 22.1. The molecule has 0 spiro atoms. The van der Waals surface area contributed by atoms with Crippen LogP contribution in [0.15, 0.2) is 52.6 Å². The Kier molecular flexibility index (Phi) is 7.09. The molecule has 0 unspecified atom stereocenters. The van der Waals surface area contributed by atoms with Gasteiger partial charge in [0.2, 0.25) is 5.89 Å². The molecular formula is C25H27N3O3. The molecule has 0 radical (unpaired) electrons. The monoisotopic (exact) mass is 417 g/mol. The van der Waals surface area contributed by atoms with Gasteiger partial charge in [0.15, 0.2) is 12.4 Å². The molecule has 2 aromatic heterocycles. The predicted molar refractivity (Wildman–Crippen MR) is 119 cm³/mol. The first-order chi connectivity index (χ1) is 14.9. The highest BCUT2D eigenvalue weighted by atomic mass is 16.5. The van der Waals surface area contributed by atoms with Crippen molar-refractivity contribution in [2.24, 2.45) is 5.92 Å². The van der Waals surface area contributed by atoms with Crippen molar-refractivity contribution in [3.05, 3.63) is 71.0 Å². The summed E-state index contributed by atoms with van der Waals surface area (Å²) in [7, 11) is 0. The zero-order valence-corrected chi connectivity index (χ0v) is 18.4. The van der Waals surface area contributed by atoms with Crippen LogP contribution in [0.25, 0.3) is 17.4 Å². The van der Waals surface area contributed by atoms with E-state index in [1.54, 1.807) is 12.3 Å². The largest absolute Gasteiger partial charge is 0.452 e. The Bertz CT molecular complexity index is 1110. The molecule has 0 saturated heterocycles. The molecule has 0 aliphatic rings. The fraction of sp³-hybridized carbons (Fsp3) is 0.320. The number of rotatable bonds is 8. The van der Waals surface area contributed by atoms with Crippen molar-refractivity contribution in [1.82, 2.24) is 9.55 Å². The smallest absolute Gasteiger partial charge is 0.349 e. The lowest BCUT2D eigenvalue weighted by molar-refractivity contribution is -0.140. The van der Waals surface area contributed by atoms with Crippen LogP contribution >= 0.6 is 0 Å². The van der Waals surface area contributed by atoms with Crippen molar-refractivity contribution in [3.8, 4) is 17.4 Å². The van der Waals surface area contributed by atoms with E-state index in [4.69, 9.17) is 9.15 Å². The number of ether oxygens (including phenoxy) is 1. The predicted octanol–water partition coefficient (Wildman–Crippen LogP) is 5.46. The molecule has 6 heteroatoms. The number of hydrogen-bond donors (Lipinski definition) is 0. The maximum atomic E-state index is 12.5. The Morgan fingerprint density at radius 3 is 2.71 bits per heavy atom. The SMILES string of the molecule is Cc1cc(/C=C(\C#N)C(=O)OCc2ncc(-c3ccccc3)o2)c(C)n1CCC(C)C. The summed E-state index contributed by atoms with van der Waals surface area (Å²) in [5.41, 5.74) is 3.80. The number of oxazole rings is 1. The lowest BCUT2D eigenvalue weighted by atomic mass is 10.1. The average Bonchev–Trinajstić information content (AvgIpc) is 3.34. The first-order valence-electron chi connectivity index (χ1n) is 10.3. The molecule has 0 aliphatic heterocycles. The summed E-state index contributed by atoms with van der Waals surface area (Å²) in [6, 6.07) is 13.5. The molecule has 3 aromatic rings. The van der Waals surface area contributed by atoms with Crippen LogP contribution in [-0.2, 0) is 22.7 Å². The van der Waals surface area contributed by atoms with Gasteiger partial charge in [0, 0.05) is 23.5 Å². The molecule has 0 aliphatic carbocycles. The standard InChI is InChI=1S/C25H27N3O3/c1-17(2)10-11-28-18(3)12-21(19(28)4)13-22(14-26)25(29)30-16-24-27-15-23(31-24)20-8-6-5-7-9-20/h5-9,12-13,15,17H,10-11,16H2,1-4H3/b22-13+. The van der Waals surface area contributed by atoms with Gasteiger partial charge in [0.25, 0.3) is 0 Å². The molecular weight excluding hydrogens is 390 g/mol. The second kappa shape index (κ2) is 9.94. The van der Waals surface area contributed by atoms with Crippen molar-refractivity contribution >= 4 is 12.0 Å². The third-order valence-electron chi connectivity index (χ3n) is 5.12. The highest BCUT2D eigenvalue weighted by Crippen LogP contribution is 2.22. The van der Waals surface area contributed by atoms with Gasteiger partial charge in [0.05, 0.1) is 6.20 Å². The first-order valence-corrected chi connectivity index (χ1v) is 10.3. The third kappa shape index (κ3) is 5.52. The summed E-state index contributed by atoms with van der Waals surface area (Å²) < 4.78 is 13.1. The van der Waals surface area contributed by atoms with Crippen molar-refractivity contribution < 1.29 is 13.9 Å². The second-order valence-electron chi connectivity index (χ2n) is 7.89. The Morgan fingerprint density at radius 2 is 2.03 bits per heavy atom. The van der Waals surface area contributed by atoms with Gasteiger partial charge < -0.3 is 13.7 Å². The van der Waals surface area contributed by atoms with E-state index in [2.05, 4.69) is 23.4 Å². The van der Waals surface area contributed by atoms with Gasteiger partial charge in [-0.25, -0.2) is 9.78 Å². The van der Waals surface area contributed by atoms with Gasteiger partial charge in [0.1, 0.15) is 11.6 Å². The van der Waals surface area contributed by atoms with E-state index in [0.29, 0.717) is 11.7 Å². The summed E-state index contributed by atoms with van der Waals surface area (Å²) >= 11 is 0. The highest BCUT2D eigenvalue weighted by molar-refractivity contribution is 5.98. The number of aromatic nitrogens is 2. The lowest BCUT2D eigenvalue weighted by Gasteiger charge is -2.11. The van der Waals surface area contributed by atoms with Crippen LogP contribution in [0.4, 0.5) is 0 Å².